The fourth-order valence-corrected chi connectivity index (χ4v) is 5.88. The SMILES string of the molecule is CC(C)(C)C1C(NC(=O)C(=CCCCCC(=O)NOC2CCCCO2)COc2cccc3ccccc23)CCN1C(=O)O. The highest BCUT2D eigenvalue weighted by Gasteiger charge is 2.44. The molecule has 10 heteroatoms. The highest BCUT2D eigenvalue weighted by atomic mass is 16.8. The number of amides is 3. The van der Waals surface area contributed by atoms with E-state index >= 15 is 0 Å². The number of carbonyl (C=O) groups is 3. The zero-order valence-corrected chi connectivity index (χ0v) is 25.5. The van der Waals surface area contributed by atoms with E-state index in [1.807, 2.05) is 69.3 Å². The van der Waals surface area contributed by atoms with E-state index in [4.69, 9.17) is 14.3 Å². The van der Waals surface area contributed by atoms with Crippen molar-refractivity contribution in [3.05, 3.63) is 54.1 Å². The summed E-state index contributed by atoms with van der Waals surface area (Å²) < 4.78 is 11.6. The number of carboxylic acid groups (broad SMARTS) is 1. The molecule has 2 fully saturated rings. The summed E-state index contributed by atoms with van der Waals surface area (Å²) in [6.45, 7) is 7.03. The fourth-order valence-electron chi connectivity index (χ4n) is 5.88. The molecule has 2 aromatic carbocycles. The van der Waals surface area contributed by atoms with E-state index in [0.29, 0.717) is 56.6 Å². The van der Waals surface area contributed by atoms with Crippen LogP contribution in [-0.2, 0) is 19.2 Å². The Labute approximate surface area is 253 Å². The summed E-state index contributed by atoms with van der Waals surface area (Å²) in [6, 6.07) is 13.0. The second kappa shape index (κ2) is 15.2. The van der Waals surface area contributed by atoms with Gasteiger partial charge in [0.05, 0.1) is 17.7 Å². The number of ether oxygens (including phenoxy) is 2. The molecule has 43 heavy (non-hydrogen) atoms. The fraction of sp³-hybridized carbons (Fsp3) is 0.545. The molecular weight excluding hydrogens is 550 g/mol. The summed E-state index contributed by atoms with van der Waals surface area (Å²) in [5, 5.41) is 14.9. The highest BCUT2D eigenvalue weighted by Crippen LogP contribution is 2.33. The Morgan fingerprint density at radius 3 is 2.60 bits per heavy atom. The Balaban J connectivity index is 1.38. The molecule has 2 heterocycles. The van der Waals surface area contributed by atoms with E-state index in [0.717, 1.165) is 30.0 Å². The maximum atomic E-state index is 13.6. The van der Waals surface area contributed by atoms with Crippen molar-refractivity contribution in [3.8, 4) is 5.75 Å². The van der Waals surface area contributed by atoms with Crippen LogP contribution in [0.3, 0.4) is 0 Å². The molecule has 0 aliphatic carbocycles. The normalized spacial score (nSPS) is 21.0. The maximum Gasteiger partial charge on any atom is 0.407 e. The molecule has 0 radical (unpaired) electrons. The van der Waals surface area contributed by atoms with Gasteiger partial charge < -0.3 is 24.8 Å². The molecule has 2 saturated heterocycles. The molecule has 10 nitrogen and oxygen atoms in total. The third-order valence-electron chi connectivity index (χ3n) is 7.96. The van der Waals surface area contributed by atoms with Gasteiger partial charge in [0, 0.05) is 31.4 Å². The van der Waals surface area contributed by atoms with Crippen molar-refractivity contribution in [2.75, 3.05) is 19.8 Å². The molecule has 3 N–H and O–H groups in total. The number of fused-ring (bicyclic) bond motifs is 1. The number of nitrogens with zero attached hydrogens (tertiary/aromatic N) is 1. The average Bonchev–Trinajstić information content (AvgIpc) is 3.42. The number of hydrogen-bond acceptors (Lipinski definition) is 6. The molecule has 3 unspecified atom stereocenters. The Bertz CT molecular complexity index is 1280. The molecule has 2 aromatic rings. The smallest absolute Gasteiger partial charge is 0.407 e. The van der Waals surface area contributed by atoms with Crippen molar-refractivity contribution in [2.24, 2.45) is 5.41 Å². The zero-order valence-electron chi connectivity index (χ0n) is 25.5. The number of unbranched alkanes of at least 4 members (excludes halogenated alkanes) is 2. The van der Waals surface area contributed by atoms with E-state index in [2.05, 4.69) is 10.8 Å². The van der Waals surface area contributed by atoms with Crippen LogP contribution in [0.2, 0.25) is 0 Å². The largest absolute Gasteiger partial charge is 0.488 e. The molecule has 0 aromatic heterocycles. The van der Waals surface area contributed by atoms with Crippen LogP contribution in [-0.4, -0.2) is 66.0 Å². The van der Waals surface area contributed by atoms with Gasteiger partial charge in [0.25, 0.3) is 5.91 Å². The van der Waals surface area contributed by atoms with Gasteiger partial charge in [0.2, 0.25) is 5.91 Å². The zero-order chi connectivity index (χ0) is 30.8. The first kappa shape index (κ1) is 32.3. The molecule has 3 atom stereocenters. The van der Waals surface area contributed by atoms with Gasteiger partial charge >= 0.3 is 6.09 Å². The van der Waals surface area contributed by atoms with Gasteiger partial charge in [-0.1, -0.05) is 63.2 Å². The van der Waals surface area contributed by atoms with Gasteiger partial charge in [0.15, 0.2) is 6.29 Å². The van der Waals surface area contributed by atoms with Gasteiger partial charge in [-0.05, 0) is 55.4 Å². The Morgan fingerprint density at radius 1 is 1.07 bits per heavy atom. The van der Waals surface area contributed by atoms with Crippen molar-refractivity contribution in [3.63, 3.8) is 0 Å². The number of carbonyl (C=O) groups excluding carboxylic acids is 2. The maximum absolute atomic E-state index is 13.6. The second-order valence-corrected chi connectivity index (χ2v) is 12.3. The molecule has 0 bridgehead atoms. The van der Waals surface area contributed by atoms with Crippen LogP contribution in [0, 0.1) is 5.41 Å². The highest BCUT2D eigenvalue weighted by molar-refractivity contribution is 5.94. The van der Waals surface area contributed by atoms with Gasteiger partial charge in [-0.3, -0.25) is 9.59 Å². The number of nitrogens with one attached hydrogen (secondary N) is 2. The van der Waals surface area contributed by atoms with Crippen LogP contribution in [0.5, 0.6) is 5.75 Å². The summed E-state index contributed by atoms with van der Waals surface area (Å²) in [5.41, 5.74) is 2.59. The number of rotatable bonds is 12. The minimum atomic E-state index is -0.979. The first-order chi connectivity index (χ1) is 20.6. The number of hydroxylamine groups is 1. The lowest BCUT2D eigenvalue weighted by Gasteiger charge is -2.37. The van der Waals surface area contributed by atoms with E-state index in [-0.39, 0.29) is 42.2 Å². The Kier molecular flexibility index (Phi) is 11.4. The molecule has 2 aliphatic rings. The van der Waals surface area contributed by atoms with Gasteiger partial charge in [-0.25, -0.2) is 15.1 Å². The molecule has 0 saturated carbocycles. The van der Waals surface area contributed by atoms with Gasteiger partial charge in [-0.15, -0.1) is 0 Å². The average molecular weight is 596 g/mol. The van der Waals surface area contributed by atoms with E-state index < -0.39 is 6.09 Å². The number of benzene rings is 2. The first-order valence-electron chi connectivity index (χ1n) is 15.3. The van der Waals surface area contributed by atoms with E-state index in [1.54, 1.807) is 0 Å². The van der Waals surface area contributed by atoms with E-state index in [1.165, 1.54) is 4.90 Å². The second-order valence-electron chi connectivity index (χ2n) is 12.3. The van der Waals surface area contributed by atoms with Crippen molar-refractivity contribution in [2.45, 2.75) is 90.5 Å². The lowest BCUT2D eigenvalue weighted by molar-refractivity contribution is -0.200. The molecular formula is C33H45N3O7. The number of likely N-dealkylation sites (tertiary alicyclic amines) is 1. The van der Waals surface area contributed by atoms with Gasteiger partial charge in [-0.2, -0.15) is 0 Å². The van der Waals surface area contributed by atoms with Crippen LogP contribution in [0.15, 0.2) is 54.1 Å². The summed E-state index contributed by atoms with van der Waals surface area (Å²) in [7, 11) is 0. The summed E-state index contributed by atoms with van der Waals surface area (Å²) >= 11 is 0. The molecule has 2 aliphatic heterocycles. The minimum absolute atomic E-state index is 0.0606. The summed E-state index contributed by atoms with van der Waals surface area (Å²) in [4.78, 5) is 44.5. The monoisotopic (exact) mass is 595 g/mol. The summed E-state index contributed by atoms with van der Waals surface area (Å²) in [6.07, 6.45) is 6.03. The quantitative estimate of drug-likeness (QED) is 0.167. The third kappa shape index (κ3) is 9.18. The molecule has 0 spiro atoms. The third-order valence-corrected chi connectivity index (χ3v) is 7.96. The van der Waals surface area contributed by atoms with Crippen molar-refractivity contribution < 1.29 is 33.8 Å². The van der Waals surface area contributed by atoms with Crippen LogP contribution >= 0.6 is 0 Å². The topological polar surface area (TPSA) is 126 Å². The summed E-state index contributed by atoms with van der Waals surface area (Å²) in [5.74, 6) is 0.208. The first-order valence-corrected chi connectivity index (χ1v) is 15.3. The molecule has 234 valence electrons. The Morgan fingerprint density at radius 2 is 1.86 bits per heavy atom. The van der Waals surface area contributed by atoms with Crippen LogP contribution in [0.25, 0.3) is 10.8 Å². The predicted molar refractivity (Wildman–Crippen MR) is 163 cm³/mol. The lowest BCUT2D eigenvalue weighted by atomic mass is 9.82. The minimum Gasteiger partial charge on any atom is -0.488 e. The van der Waals surface area contributed by atoms with Gasteiger partial charge in [0.1, 0.15) is 12.4 Å². The number of hydrogen-bond donors (Lipinski definition) is 3. The lowest BCUT2D eigenvalue weighted by Crippen LogP contribution is -2.53. The van der Waals surface area contributed by atoms with Crippen LogP contribution in [0.1, 0.15) is 72.1 Å². The van der Waals surface area contributed by atoms with Crippen LogP contribution in [0.4, 0.5) is 4.79 Å². The van der Waals surface area contributed by atoms with Crippen LogP contribution < -0.4 is 15.5 Å². The van der Waals surface area contributed by atoms with Crippen molar-refractivity contribution in [1.82, 2.24) is 15.7 Å². The number of allylic oxidation sites excluding steroid dienone is 1. The van der Waals surface area contributed by atoms with Crippen molar-refractivity contribution in [1.29, 1.82) is 0 Å². The molecule has 4 rings (SSSR count). The standard InChI is InChI=1S/C33H45N3O7/c1-33(2,3)30-26(19-20-36(30)32(39)40)34-31(38)24(22-42-27-16-11-14-23-12-7-8-15-25(23)27)13-5-4-6-17-28(37)35-43-29-18-9-10-21-41-29/h7-8,11-16,26,29-30H,4-6,9-10,17-22H2,1-3H3,(H,34,38)(H,35,37)(H,39,40). The molecule has 3 amide bonds. The Hall–Kier alpha value is -3.63. The van der Waals surface area contributed by atoms with E-state index in [9.17, 15) is 19.5 Å². The predicted octanol–water partition coefficient (Wildman–Crippen LogP) is 5.56. The van der Waals surface area contributed by atoms with Crippen molar-refractivity contribution >= 4 is 28.7 Å².